The van der Waals surface area contributed by atoms with Crippen LogP contribution in [0.5, 0.6) is 0 Å². The molecule has 1 aromatic rings. The highest BCUT2D eigenvalue weighted by molar-refractivity contribution is 6.30. The fourth-order valence-corrected chi connectivity index (χ4v) is 4.24. The Kier molecular flexibility index (Phi) is 6.86. The Morgan fingerprint density at radius 1 is 1.23 bits per heavy atom. The van der Waals surface area contributed by atoms with Gasteiger partial charge in [-0.2, -0.15) is 13.2 Å². The van der Waals surface area contributed by atoms with E-state index in [1.54, 1.807) is 12.1 Å². The summed E-state index contributed by atoms with van der Waals surface area (Å²) in [6.07, 6.45) is -3.90. The second-order valence-corrected chi connectivity index (χ2v) is 7.85. The number of halogens is 6. The van der Waals surface area contributed by atoms with Crippen molar-refractivity contribution in [3.8, 4) is 0 Å². The van der Waals surface area contributed by atoms with Gasteiger partial charge in [0.2, 0.25) is 0 Å². The van der Waals surface area contributed by atoms with Crippen molar-refractivity contribution >= 4 is 24.0 Å². The molecule has 1 unspecified atom stereocenters. The first-order chi connectivity index (χ1) is 11.7. The van der Waals surface area contributed by atoms with Crippen LogP contribution in [-0.4, -0.2) is 36.2 Å². The maximum Gasteiger partial charge on any atom is 0.391 e. The largest absolute Gasteiger partial charge is 0.391 e. The van der Waals surface area contributed by atoms with Gasteiger partial charge in [-0.25, -0.2) is 4.39 Å². The molecule has 0 bridgehead atoms. The fraction of sp³-hybridized carbons (Fsp3) is 0.667. The normalized spacial score (nSPS) is 31.0. The van der Waals surface area contributed by atoms with E-state index in [1.807, 2.05) is 0 Å². The third-order valence-corrected chi connectivity index (χ3v) is 5.83. The number of hydrogen-bond acceptors (Lipinski definition) is 2. The zero-order chi connectivity index (χ0) is 18.4. The van der Waals surface area contributed by atoms with Crippen LogP contribution in [0.25, 0.3) is 0 Å². The van der Waals surface area contributed by atoms with Crippen molar-refractivity contribution in [3.05, 3.63) is 34.6 Å². The van der Waals surface area contributed by atoms with Crippen molar-refractivity contribution in [2.75, 3.05) is 13.1 Å². The van der Waals surface area contributed by atoms with Crippen LogP contribution in [-0.2, 0) is 0 Å². The summed E-state index contributed by atoms with van der Waals surface area (Å²) in [7, 11) is 0. The van der Waals surface area contributed by atoms with E-state index in [0.717, 1.165) is 18.7 Å². The number of alkyl halides is 3. The van der Waals surface area contributed by atoms with Crippen LogP contribution in [0.4, 0.5) is 17.6 Å². The molecule has 0 spiro atoms. The lowest BCUT2D eigenvalue weighted by atomic mass is 9.68. The van der Waals surface area contributed by atoms with E-state index in [-0.39, 0.29) is 54.3 Å². The van der Waals surface area contributed by atoms with Gasteiger partial charge in [0.25, 0.3) is 0 Å². The summed E-state index contributed by atoms with van der Waals surface area (Å²) in [6.45, 7) is 5.65. The Hall–Kier alpha value is -0.560. The molecule has 3 atom stereocenters. The first-order valence-electron chi connectivity index (χ1n) is 8.67. The molecule has 2 fully saturated rings. The van der Waals surface area contributed by atoms with Crippen LogP contribution in [0.15, 0.2) is 18.2 Å². The van der Waals surface area contributed by atoms with Crippen molar-refractivity contribution in [2.24, 2.45) is 11.8 Å². The smallest absolute Gasteiger partial charge is 0.311 e. The van der Waals surface area contributed by atoms with E-state index >= 15 is 0 Å². The molecule has 148 valence electrons. The zero-order valence-electron chi connectivity index (χ0n) is 14.7. The van der Waals surface area contributed by atoms with Crippen molar-refractivity contribution in [3.63, 3.8) is 0 Å². The summed E-state index contributed by atoms with van der Waals surface area (Å²) < 4.78 is 52.4. The lowest BCUT2D eigenvalue weighted by molar-refractivity contribution is -0.211. The Labute approximate surface area is 162 Å². The molecular formula is C18H24Cl2F4N2. The van der Waals surface area contributed by atoms with Gasteiger partial charge in [-0.05, 0) is 50.3 Å². The van der Waals surface area contributed by atoms with Gasteiger partial charge in [0.1, 0.15) is 5.82 Å². The first kappa shape index (κ1) is 21.7. The molecule has 1 aliphatic carbocycles. The lowest BCUT2D eigenvalue weighted by Gasteiger charge is -2.50. The molecule has 1 aliphatic heterocycles. The van der Waals surface area contributed by atoms with Gasteiger partial charge in [0.05, 0.1) is 10.9 Å². The van der Waals surface area contributed by atoms with E-state index in [4.69, 9.17) is 11.6 Å². The minimum atomic E-state index is -4.14. The molecule has 2 aliphatic rings. The van der Waals surface area contributed by atoms with Crippen LogP contribution < -0.4 is 5.32 Å². The number of rotatable bonds is 3. The van der Waals surface area contributed by atoms with Crippen LogP contribution in [0.2, 0.25) is 5.02 Å². The average molecular weight is 415 g/mol. The first-order valence-corrected chi connectivity index (χ1v) is 9.05. The van der Waals surface area contributed by atoms with Gasteiger partial charge in [-0.1, -0.05) is 17.7 Å². The molecule has 1 N–H and O–H groups in total. The molecular weight excluding hydrogens is 391 g/mol. The molecule has 26 heavy (non-hydrogen) atoms. The molecule has 3 rings (SSSR count). The van der Waals surface area contributed by atoms with E-state index in [0.29, 0.717) is 0 Å². The van der Waals surface area contributed by atoms with Crippen molar-refractivity contribution in [1.82, 2.24) is 10.2 Å². The minimum Gasteiger partial charge on any atom is -0.311 e. The molecule has 2 nitrogen and oxygen atoms in total. The molecule has 8 heteroatoms. The molecule has 0 radical (unpaired) electrons. The lowest BCUT2D eigenvalue weighted by Crippen LogP contribution is -2.57. The summed E-state index contributed by atoms with van der Waals surface area (Å²) >= 11 is 5.94. The predicted molar refractivity (Wildman–Crippen MR) is 97.3 cm³/mol. The van der Waals surface area contributed by atoms with Crippen LogP contribution in [0, 0.1) is 17.7 Å². The van der Waals surface area contributed by atoms with Crippen molar-refractivity contribution in [2.45, 2.75) is 51.0 Å². The number of hydrogen-bond donors (Lipinski definition) is 1. The molecule has 1 saturated carbocycles. The highest BCUT2D eigenvalue weighted by Gasteiger charge is 2.51. The Balaban J connectivity index is 0.00000243. The van der Waals surface area contributed by atoms with Crippen LogP contribution >= 0.6 is 24.0 Å². The molecule has 0 amide bonds. The standard InChI is InChI=1S/C18H23ClF4N2.ClH/c1-10-9-25(11(2)8-24-10)17(12-3-4-16(20)15(19)7-12)13-5-14(6-13)18(21,22)23;/h3-4,7,10-11,13-14,17,24H,5-6,8-9H2,1-2H3;1H/t10-,11+,13?,14?,17?;/m0./s1. The van der Waals surface area contributed by atoms with E-state index in [1.165, 1.54) is 6.07 Å². The average Bonchev–Trinajstić information content (AvgIpc) is 2.47. The van der Waals surface area contributed by atoms with Gasteiger partial charge in [0, 0.05) is 31.2 Å². The van der Waals surface area contributed by atoms with E-state index in [9.17, 15) is 17.6 Å². The molecule has 0 aromatic heterocycles. The fourth-order valence-electron chi connectivity index (χ4n) is 4.06. The number of nitrogens with zero attached hydrogens (tertiary/aromatic N) is 1. The van der Waals surface area contributed by atoms with Crippen molar-refractivity contribution < 1.29 is 17.6 Å². The summed E-state index contributed by atoms with van der Waals surface area (Å²) in [5.74, 6) is -1.83. The summed E-state index contributed by atoms with van der Waals surface area (Å²) in [4.78, 5) is 2.25. The SMILES string of the molecule is C[C@@H]1CN[C@@H](C)CN1C(c1ccc(F)c(Cl)c1)C1CC(C(F)(F)F)C1.Cl. The quantitative estimate of drug-likeness (QED) is 0.682. The monoisotopic (exact) mass is 414 g/mol. The van der Waals surface area contributed by atoms with Gasteiger partial charge >= 0.3 is 6.18 Å². The second kappa shape index (κ2) is 8.21. The summed E-state index contributed by atoms with van der Waals surface area (Å²) in [5, 5.41) is 3.41. The summed E-state index contributed by atoms with van der Waals surface area (Å²) in [6, 6.07) is 4.81. The van der Waals surface area contributed by atoms with Gasteiger partial charge in [-0.15, -0.1) is 12.4 Å². The Morgan fingerprint density at radius 3 is 2.46 bits per heavy atom. The van der Waals surface area contributed by atoms with Crippen LogP contribution in [0.1, 0.15) is 38.3 Å². The maximum absolute atomic E-state index is 13.6. The Morgan fingerprint density at radius 2 is 1.88 bits per heavy atom. The second-order valence-electron chi connectivity index (χ2n) is 7.44. The number of piperazine rings is 1. The van der Waals surface area contributed by atoms with Crippen LogP contribution in [0.3, 0.4) is 0 Å². The molecule has 1 saturated heterocycles. The third-order valence-electron chi connectivity index (χ3n) is 5.54. The van der Waals surface area contributed by atoms with Gasteiger partial charge < -0.3 is 5.32 Å². The highest BCUT2D eigenvalue weighted by Crippen LogP contribution is 2.51. The highest BCUT2D eigenvalue weighted by atomic mass is 35.5. The van der Waals surface area contributed by atoms with Crippen molar-refractivity contribution in [1.29, 1.82) is 0 Å². The maximum atomic E-state index is 13.6. The number of benzene rings is 1. The van der Waals surface area contributed by atoms with Gasteiger partial charge in [0.15, 0.2) is 0 Å². The topological polar surface area (TPSA) is 15.3 Å². The van der Waals surface area contributed by atoms with E-state index < -0.39 is 17.9 Å². The predicted octanol–water partition coefficient (Wildman–Crippen LogP) is 5.21. The number of nitrogens with one attached hydrogen (secondary N) is 1. The third kappa shape index (κ3) is 4.46. The van der Waals surface area contributed by atoms with Gasteiger partial charge in [-0.3, -0.25) is 4.90 Å². The zero-order valence-corrected chi connectivity index (χ0v) is 16.3. The van der Waals surface area contributed by atoms with E-state index in [2.05, 4.69) is 24.1 Å². The molecule has 1 heterocycles. The molecule has 1 aromatic carbocycles. The summed E-state index contributed by atoms with van der Waals surface area (Å²) in [5.41, 5.74) is 0.804. The Bertz CT molecular complexity index is 620. The minimum absolute atomic E-state index is 0.